The number of carbonyl (C=O) groups excluding carboxylic acids is 1. The van der Waals surface area contributed by atoms with E-state index >= 15 is 0 Å². The Balaban J connectivity index is 2.25. The molecule has 26 heavy (non-hydrogen) atoms. The molecule has 1 aromatic rings. The van der Waals surface area contributed by atoms with Gasteiger partial charge in [-0.25, -0.2) is 9.97 Å². The molecule has 146 valence electrons. The molecule has 1 aromatic heterocycles. The molecule has 0 aliphatic rings. The third-order valence-corrected chi connectivity index (χ3v) is 3.50. The van der Waals surface area contributed by atoms with E-state index in [-0.39, 0.29) is 23.3 Å². The second-order valence-electron chi connectivity index (χ2n) is 5.67. The van der Waals surface area contributed by atoms with Crippen molar-refractivity contribution in [3.05, 3.63) is 11.4 Å². The van der Waals surface area contributed by atoms with Crippen LogP contribution >= 0.6 is 0 Å². The summed E-state index contributed by atoms with van der Waals surface area (Å²) in [7, 11) is 1.65. The van der Waals surface area contributed by atoms with Gasteiger partial charge in [0, 0.05) is 20.3 Å². The van der Waals surface area contributed by atoms with Crippen LogP contribution in [0.5, 0.6) is 0 Å². The van der Waals surface area contributed by atoms with Crippen LogP contribution in [0.3, 0.4) is 0 Å². The van der Waals surface area contributed by atoms with E-state index in [1.807, 2.05) is 0 Å². The minimum absolute atomic E-state index is 0.0218. The zero-order valence-corrected chi connectivity index (χ0v) is 15.5. The van der Waals surface area contributed by atoms with Gasteiger partial charge in [0.15, 0.2) is 17.5 Å². The van der Waals surface area contributed by atoms with Gasteiger partial charge >= 0.3 is 0 Å². The fraction of sp³-hybridized carbons (Fsp3) is 0.625. The van der Waals surface area contributed by atoms with Crippen molar-refractivity contribution in [2.45, 2.75) is 32.6 Å². The Morgan fingerprint density at radius 2 is 1.81 bits per heavy atom. The number of nitrogen functional groups attached to an aromatic ring is 2. The van der Waals surface area contributed by atoms with Crippen LogP contribution in [-0.2, 0) is 9.47 Å². The summed E-state index contributed by atoms with van der Waals surface area (Å²) in [5.41, 5.74) is 17.4. The smallest absolute Gasteiger partial charge is 0.280 e. The van der Waals surface area contributed by atoms with Crippen molar-refractivity contribution in [3.63, 3.8) is 0 Å². The second-order valence-corrected chi connectivity index (χ2v) is 5.67. The minimum atomic E-state index is -0.562. The van der Waals surface area contributed by atoms with E-state index < -0.39 is 5.91 Å². The van der Waals surface area contributed by atoms with Gasteiger partial charge in [0.1, 0.15) is 5.82 Å². The van der Waals surface area contributed by atoms with E-state index in [1.165, 1.54) is 0 Å². The van der Waals surface area contributed by atoms with Gasteiger partial charge < -0.3 is 26.7 Å². The molecule has 1 amide bonds. The average Bonchev–Trinajstić information content (AvgIpc) is 2.59. The Morgan fingerprint density at radius 1 is 1.08 bits per heavy atom. The van der Waals surface area contributed by atoms with Crippen LogP contribution in [0.1, 0.15) is 41.9 Å². The first kappa shape index (κ1) is 21.6. The van der Waals surface area contributed by atoms with Crippen molar-refractivity contribution in [1.82, 2.24) is 15.3 Å². The quantitative estimate of drug-likeness (QED) is 0.245. The van der Waals surface area contributed by atoms with Crippen LogP contribution < -0.4 is 22.5 Å². The van der Waals surface area contributed by atoms with Crippen LogP contribution in [0.25, 0.3) is 0 Å². The summed E-state index contributed by atoms with van der Waals surface area (Å²) in [5, 5.41) is 2.45. The number of nitrogens with one attached hydrogen (secondary N) is 1. The first-order chi connectivity index (χ1) is 12.5. The first-order valence-corrected chi connectivity index (χ1v) is 8.53. The number of aliphatic imine (C=N–C) groups is 1. The number of nitrogens with two attached hydrogens (primary N) is 3. The molecule has 0 fully saturated rings. The monoisotopic (exact) mass is 367 g/mol. The maximum atomic E-state index is 12.1. The number of amides is 1. The SMILES string of the molecule is COCCOCCCCCCN=C(N)NC(=O)c1nc(C)c(N)nc1N. The highest BCUT2D eigenvalue weighted by Gasteiger charge is 2.15. The normalized spacial score (nSPS) is 11.5. The number of carbonyl (C=O) groups is 1. The molecule has 0 bridgehead atoms. The number of hydrogen-bond acceptors (Lipinski definition) is 8. The minimum Gasteiger partial charge on any atom is -0.382 e. The molecule has 7 N–H and O–H groups in total. The first-order valence-electron chi connectivity index (χ1n) is 8.53. The highest BCUT2D eigenvalue weighted by molar-refractivity contribution is 6.06. The summed E-state index contributed by atoms with van der Waals surface area (Å²) in [6, 6.07) is 0. The Labute approximate surface area is 153 Å². The molecule has 0 unspecified atom stereocenters. The summed E-state index contributed by atoms with van der Waals surface area (Å²) in [4.78, 5) is 24.1. The number of unbranched alkanes of at least 4 members (excludes halogenated alkanes) is 3. The molecule has 1 rings (SSSR count). The Bertz CT molecular complexity index is 608. The predicted molar refractivity (Wildman–Crippen MR) is 101 cm³/mol. The van der Waals surface area contributed by atoms with Gasteiger partial charge in [0.25, 0.3) is 5.91 Å². The Hall–Kier alpha value is -2.46. The van der Waals surface area contributed by atoms with Gasteiger partial charge in [-0.1, -0.05) is 12.8 Å². The standard InChI is InChI=1S/C16H29N7O3/c1-11-13(17)22-14(18)12(21-11)15(24)23-16(19)20-7-5-3-4-6-8-26-10-9-25-2/h3-10H2,1-2H3,(H4,17,18,22)(H3,19,20,23,24). The molecule has 10 nitrogen and oxygen atoms in total. The number of ether oxygens (including phenoxy) is 2. The van der Waals surface area contributed by atoms with Crippen LogP contribution in [-0.4, -0.2) is 55.3 Å². The van der Waals surface area contributed by atoms with E-state index in [0.717, 1.165) is 32.3 Å². The van der Waals surface area contributed by atoms with E-state index in [2.05, 4.69) is 20.3 Å². The molecule has 0 radical (unpaired) electrons. The molecular formula is C16H29N7O3. The number of nitrogens with zero attached hydrogens (tertiary/aromatic N) is 3. The van der Waals surface area contributed by atoms with Gasteiger partial charge in [-0.3, -0.25) is 15.1 Å². The maximum Gasteiger partial charge on any atom is 0.280 e. The number of rotatable bonds is 11. The van der Waals surface area contributed by atoms with Crippen LogP contribution in [0.2, 0.25) is 0 Å². The largest absolute Gasteiger partial charge is 0.382 e. The van der Waals surface area contributed by atoms with Gasteiger partial charge in [-0.15, -0.1) is 0 Å². The van der Waals surface area contributed by atoms with Crippen molar-refractivity contribution in [3.8, 4) is 0 Å². The lowest BCUT2D eigenvalue weighted by Crippen LogP contribution is -2.38. The van der Waals surface area contributed by atoms with E-state index in [1.54, 1.807) is 14.0 Å². The average molecular weight is 367 g/mol. The summed E-state index contributed by atoms with van der Waals surface area (Å²) < 4.78 is 10.3. The van der Waals surface area contributed by atoms with Crippen molar-refractivity contribution >= 4 is 23.5 Å². The predicted octanol–water partition coefficient (Wildman–Crippen LogP) is 0.217. The molecule has 0 saturated carbocycles. The molecule has 0 atom stereocenters. The Morgan fingerprint density at radius 3 is 2.54 bits per heavy atom. The summed E-state index contributed by atoms with van der Waals surface area (Å²) in [5.74, 6) is -0.406. The summed E-state index contributed by atoms with van der Waals surface area (Å²) in [6.45, 7) is 4.14. The number of methoxy groups -OCH3 is 1. The zero-order valence-electron chi connectivity index (χ0n) is 15.5. The molecule has 0 aromatic carbocycles. The highest BCUT2D eigenvalue weighted by Crippen LogP contribution is 2.11. The number of guanidine groups is 1. The maximum absolute atomic E-state index is 12.1. The van der Waals surface area contributed by atoms with Gasteiger partial charge in [-0.2, -0.15) is 0 Å². The number of anilines is 2. The van der Waals surface area contributed by atoms with Crippen molar-refractivity contribution in [2.75, 3.05) is 44.9 Å². The van der Waals surface area contributed by atoms with Crippen molar-refractivity contribution < 1.29 is 14.3 Å². The molecule has 0 aliphatic carbocycles. The molecule has 0 aliphatic heterocycles. The van der Waals surface area contributed by atoms with E-state index in [0.29, 0.717) is 25.5 Å². The van der Waals surface area contributed by atoms with Crippen molar-refractivity contribution in [2.24, 2.45) is 10.7 Å². The van der Waals surface area contributed by atoms with Gasteiger partial charge in [0.2, 0.25) is 0 Å². The Kier molecular flexibility index (Phi) is 9.95. The van der Waals surface area contributed by atoms with Crippen molar-refractivity contribution in [1.29, 1.82) is 0 Å². The lowest BCUT2D eigenvalue weighted by atomic mass is 10.2. The van der Waals surface area contributed by atoms with Crippen LogP contribution in [0, 0.1) is 6.92 Å². The molecular weight excluding hydrogens is 338 g/mol. The van der Waals surface area contributed by atoms with Gasteiger partial charge in [-0.05, 0) is 19.8 Å². The highest BCUT2D eigenvalue weighted by atomic mass is 16.5. The van der Waals surface area contributed by atoms with Crippen LogP contribution in [0.4, 0.5) is 11.6 Å². The van der Waals surface area contributed by atoms with Crippen LogP contribution in [0.15, 0.2) is 4.99 Å². The third kappa shape index (κ3) is 8.08. The molecule has 10 heteroatoms. The topological polar surface area (TPSA) is 164 Å². The van der Waals surface area contributed by atoms with E-state index in [4.69, 9.17) is 26.7 Å². The molecule has 0 saturated heterocycles. The fourth-order valence-electron chi connectivity index (χ4n) is 2.04. The molecule has 0 spiro atoms. The number of aromatic nitrogens is 2. The zero-order chi connectivity index (χ0) is 19.4. The second kappa shape index (κ2) is 12.0. The lowest BCUT2D eigenvalue weighted by Gasteiger charge is -2.08. The van der Waals surface area contributed by atoms with E-state index in [9.17, 15) is 4.79 Å². The van der Waals surface area contributed by atoms with Gasteiger partial charge in [0.05, 0.1) is 18.9 Å². The fourth-order valence-corrected chi connectivity index (χ4v) is 2.04. The summed E-state index contributed by atoms with van der Waals surface area (Å²) >= 11 is 0. The number of aryl methyl sites for hydroxylation is 1. The molecule has 1 heterocycles. The lowest BCUT2D eigenvalue weighted by molar-refractivity contribution is 0.0686. The summed E-state index contributed by atoms with van der Waals surface area (Å²) in [6.07, 6.45) is 3.92. The third-order valence-electron chi connectivity index (χ3n) is 3.50. The number of hydrogen-bond donors (Lipinski definition) is 4.